The van der Waals surface area contributed by atoms with Gasteiger partial charge in [-0.25, -0.2) is 4.98 Å². The van der Waals surface area contributed by atoms with Crippen molar-refractivity contribution in [3.63, 3.8) is 0 Å². The van der Waals surface area contributed by atoms with Crippen molar-refractivity contribution in [3.05, 3.63) is 93.2 Å². The largest absolute Gasteiger partial charge is 0.362 e. The van der Waals surface area contributed by atoms with Crippen LogP contribution in [-0.4, -0.2) is 10.9 Å². The monoisotopic (exact) mass is 429 g/mol. The first-order chi connectivity index (χ1) is 12.5. The summed E-state index contributed by atoms with van der Waals surface area (Å²) >= 11 is 9.31. The maximum absolute atomic E-state index is 12.6. The smallest absolute Gasteiger partial charge is 0.271 e. The number of nitrogens with zero attached hydrogens (tertiary/aromatic N) is 1. The molecule has 0 bridgehead atoms. The third kappa shape index (κ3) is 4.84. The van der Waals surface area contributed by atoms with Gasteiger partial charge in [0.1, 0.15) is 11.9 Å². The first-order valence-electron chi connectivity index (χ1n) is 8.02. The summed E-state index contributed by atoms with van der Waals surface area (Å²) in [6.45, 7) is 2.03. The summed E-state index contributed by atoms with van der Waals surface area (Å²) in [5.41, 5.74) is 3.31. The number of pyridine rings is 1. The van der Waals surface area contributed by atoms with Crippen molar-refractivity contribution < 1.29 is 4.79 Å². The molecule has 6 heteroatoms. The average Bonchev–Trinajstić information content (AvgIpc) is 2.64. The second kappa shape index (κ2) is 8.34. The van der Waals surface area contributed by atoms with Gasteiger partial charge in [-0.1, -0.05) is 41.4 Å². The SMILES string of the molecule is Cc1ccc(NC(NC(=O)c2ccc(Br)cn2)c2ccc(Cl)cc2)cc1. The number of carbonyl (C=O) groups is 1. The van der Waals surface area contributed by atoms with Gasteiger partial charge in [-0.2, -0.15) is 0 Å². The molecule has 3 rings (SSSR count). The van der Waals surface area contributed by atoms with Gasteiger partial charge in [0, 0.05) is 21.4 Å². The van der Waals surface area contributed by atoms with Gasteiger partial charge in [0.25, 0.3) is 5.91 Å². The lowest BCUT2D eigenvalue weighted by atomic mass is 10.1. The Morgan fingerprint density at radius 1 is 1.04 bits per heavy atom. The van der Waals surface area contributed by atoms with E-state index in [1.807, 2.05) is 43.3 Å². The minimum Gasteiger partial charge on any atom is -0.362 e. The van der Waals surface area contributed by atoms with E-state index in [-0.39, 0.29) is 5.91 Å². The molecule has 0 aliphatic heterocycles. The van der Waals surface area contributed by atoms with E-state index in [1.165, 1.54) is 5.56 Å². The van der Waals surface area contributed by atoms with Crippen LogP contribution < -0.4 is 10.6 Å². The zero-order chi connectivity index (χ0) is 18.5. The molecule has 3 aromatic rings. The molecule has 1 atom stereocenters. The molecule has 2 N–H and O–H groups in total. The molecule has 1 amide bonds. The summed E-state index contributed by atoms with van der Waals surface area (Å²) in [7, 11) is 0. The number of nitrogens with one attached hydrogen (secondary N) is 2. The fourth-order valence-electron chi connectivity index (χ4n) is 2.39. The maximum atomic E-state index is 12.6. The van der Waals surface area contributed by atoms with Crippen LogP contribution in [0.1, 0.15) is 27.8 Å². The van der Waals surface area contributed by atoms with E-state index in [4.69, 9.17) is 11.6 Å². The Morgan fingerprint density at radius 3 is 2.35 bits per heavy atom. The highest BCUT2D eigenvalue weighted by atomic mass is 79.9. The van der Waals surface area contributed by atoms with Crippen LogP contribution in [0.15, 0.2) is 71.3 Å². The van der Waals surface area contributed by atoms with Crippen LogP contribution in [-0.2, 0) is 0 Å². The van der Waals surface area contributed by atoms with E-state index in [1.54, 1.807) is 30.5 Å². The molecule has 0 radical (unpaired) electrons. The first-order valence-corrected chi connectivity index (χ1v) is 9.19. The number of rotatable bonds is 5. The molecule has 0 aliphatic rings. The van der Waals surface area contributed by atoms with Crippen molar-refractivity contribution in [1.29, 1.82) is 0 Å². The number of benzene rings is 2. The number of anilines is 1. The molecule has 1 aromatic heterocycles. The van der Waals surface area contributed by atoms with E-state index in [2.05, 4.69) is 31.5 Å². The van der Waals surface area contributed by atoms with Crippen molar-refractivity contribution in [2.75, 3.05) is 5.32 Å². The summed E-state index contributed by atoms with van der Waals surface area (Å²) in [4.78, 5) is 16.7. The molecule has 4 nitrogen and oxygen atoms in total. The third-order valence-corrected chi connectivity index (χ3v) is 4.52. The summed E-state index contributed by atoms with van der Waals surface area (Å²) in [5.74, 6) is -0.267. The molecular formula is C20H17BrClN3O. The predicted molar refractivity (Wildman–Crippen MR) is 108 cm³/mol. The highest BCUT2D eigenvalue weighted by molar-refractivity contribution is 9.10. The fraction of sp³-hybridized carbons (Fsp3) is 0.100. The van der Waals surface area contributed by atoms with Crippen LogP contribution >= 0.6 is 27.5 Å². The highest BCUT2D eigenvalue weighted by Gasteiger charge is 2.16. The lowest BCUT2D eigenvalue weighted by Crippen LogP contribution is -2.33. The van der Waals surface area contributed by atoms with Gasteiger partial charge in [-0.15, -0.1) is 0 Å². The lowest BCUT2D eigenvalue weighted by molar-refractivity contribution is 0.0936. The van der Waals surface area contributed by atoms with Crippen molar-refractivity contribution in [1.82, 2.24) is 10.3 Å². The van der Waals surface area contributed by atoms with Gasteiger partial charge in [0.2, 0.25) is 0 Å². The van der Waals surface area contributed by atoms with Gasteiger partial charge < -0.3 is 10.6 Å². The molecule has 0 saturated heterocycles. The number of aryl methyl sites for hydroxylation is 1. The van der Waals surface area contributed by atoms with E-state index in [9.17, 15) is 4.79 Å². The lowest BCUT2D eigenvalue weighted by Gasteiger charge is -2.22. The molecule has 0 fully saturated rings. The first kappa shape index (κ1) is 18.4. The van der Waals surface area contributed by atoms with E-state index >= 15 is 0 Å². The Balaban J connectivity index is 1.84. The van der Waals surface area contributed by atoms with Gasteiger partial charge in [0.15, 0.2) is 0 Å². The molecule has 1 unspecified atom stereocenters. The third-order valence-electron chi connectivity index (χ3n) is 3.80. The van der Waals surface area contributed by atoms with Crippen molar-refractivity contribution in [2.24, 2.45) is 0 Å². The number of halogens is 2. The average molecular weight is 431 g/mol. The molecule has 0 aliphatic carbocycles. The second-order valence-corrected chi connectivity index (χ2v) is 7.18. The van der Waals surface area contributed by atoms with Crippen LogP contribution in [0.4, 0.5) is 5.69 Å². The Labute approximate surface area is 165 Å². The zero-order valence-electron chi connectivity index (χ0n) is 14.0. The summed E-state index contributed by atoms with van der Waals surface area (Å²) < 4.78 is 0.820. The van der Waals surface area contributed by atoms with Crippen LogP contribution in [0.5, 0.6) is 0 Å². The van der Waals surface area contributed by atoms with E-state index < -0.39 is 6.17 Å². The highest BCUT2D eigenvalue weighted by Crippen LogP contribution is 2.20. The fourth-order valence-corrected chi connectivity index (χ4v) is 2.75. The topological polar surface area (TPSA) is 54.0 Å². The minimum atomic E-state index is -0.423. The number of hydrogen-bond donors (Lipinski definition) is 2. The van der Waals surface area contributed by atoms with Crippen LogP contribution in [0.2, 0.25) is 5.02 Å². The second-order valence-electron chi connectivity index (χ2n) is 5.83. The molecule has 0 spiro atoms. The quantitative estimate of drug-likeness (QED) is 0.537. The molecule has 2 aromatic carbocycles. The maximum Gasteiger partial charge on any atom is 0.271 e. The summed E-state index contributed by atoms with van der Waals surface area (Å²) in [5, 5.41) is 6.96. The van der Waals surface area contributed by atoms with Crippen LogP contribution in [0, 0.1) is 6.92 Å². The van der Waals surface area contributed by atoms with Crippen LogP contribution in [0.25, 0.3) is 0 Å². The molecule has 132 valence electrons. The Bertz CT molecular complexity index is 880. The van der Waals surface area contributed by atoms with Gasteiger partial charge >= 0.3 is 0 Å². The Hall–Kier alpha value is -2.37. The van der Waals surface area contributed by atoms with Gasteiger partial charge in [-0.3, -0.25) is 4.79 Å². The number of aromatic nitrogens is 1. The minimum absolute atomic E-state index is 0.267. The molecule has 0 saturated carbocycles. The van der Waals surface area contributed by atoms with Crippen molar-refractivity contribution >= 4 is 39.1 Å². The van der Waals surface area contributed by atoms with Gasteiger partial charge in [-0.05, 0) is 64.8 Å². The molecule has 26 heavy (non-hydrogen) atoms. The van der Waals surface area contributed by atoms with Crippen LogP contribution in [0.3, 0.4) is 0 Å². The summed E-state index contributed by atoms with van der Waals surface area (Å²) in [6, 6.07) is 18.8. The van der Waals surface area contributed by atoms with E-state index in [0.717, 1.165) is 15.7 Å². The van der Waals surface area contributed by atoms with Gasteiger partial charge in [0.05, 0.1) is 0 Å². The summed E-state index contributed by atoms with van der Waals surface area (Å²) in [6.07, 6.45) is 1.17. The van der Waals surface area contributed by atoms with E-state index in [0.29, 0.717) is 10.7 Å². The Morgan fingerprint density at radius 2 is 1.73 bits per heavy atom. The number of carbonyl (C=O) groups excluding carboxylic acids is 1. The Kier molecular flexibility index (Phi) is 5.91. The normalized spacial score (nSPS) is 11.7. The van der Waals surface area contributed by atoms with Crippen molar-refractivity contribution in [2.45, 2.75) is 13.1 Å². The molecular weight excluding hydrogens is 414 g/mol. The number of amides is 1. The predicted octanol–water partition coefficient (Wildman–Crippen LogP) is 5.35. The molecule has 1 heterocycles. The number of hydrogen-bond acceptors (Lipinski definition) is 3. The standard InChI is InChI=1S/C20H17BrClN3O/c1-13-2-9-17(10-3-13)24-19(14-4-7-16(22)8-5-14)25-20(26)18-11-6-15(21)12-23-18/h2-12,19,24H,1H3,(H,25,26). The zero-order valence-corrected chi connectivity index (χ0v) is 16.4. The van der Waals surface area contributed by atoms with Crippen molar-refractivity contribution in [3.8, 4) is 0 Å².